The lowest BCUT2D eigenvalue weighted by molar-refractivity contribution is -0.192. The molecule has 0 radical (unpaired) electrons. The number of hydrogen-bond donors (Lipinski definition) is 3. The number of hydrogen-bond acceptors (Lipinski definition) is 6. The smallest absolute Gasteiger partial charge is 0.475 e. The van der Waals surface area contributed by atoms with Crippen LogP contribution in [-0.4, -0.2) is 49.9 Å². The summed E-state index contributed by atoms with van der Waals surface area (Å²) in [4.78, 5) is 21.1. The number of halogens is 6. The minimum absolute atomic E-state index is 0.0308. The van der Waals surface area contributed by atoms with Crippen molar-refractivity contribution in [3.63, 3.8) is 0 Å². The van der Waals surface area contributed by atoms with Gasteiger partial charge in [0.2, 0.25) is 5.91 Å². The van der Waals surface area contributed by atoms with E-state index in [4.69, 9.17) is 33.1 Å². The molecule has 1 unspecified atom stereocenters. The number of carbonyl (C=O) groups is 2. The maximum absolute atomic E-state index is 14.0. The van der Waals surface area contributed by atoms with E-state index in [1.54, 1.807) is 12.1 Å². The van der Waals surface area contributed by atoms with E-state index in [9.17, 15) is 22.4 Å². The predicted molar refractivity (Wildman–Crippen MR) is 114 cm³/mol. The highest BCUT2D eigenvalue weighted by Crippen LogP contribution is 2.29. The molecular formula is C19H16Cl2F4N6O3. The molecule has 0 aliphatic carbocycles. The predicted octanol–water partition coefficient (Wildman–Crippen LogP) is 4.03. The molecule has 0 fully saturated rings. The average molecular weight is 523 g/mol. The van der Waals surface area contributed by atoms with Crippen LogP contribution in [0.25, 0.3) is 5.69 Å². The first-order valence-corrected chi connectivity index (χ1v) is 9.96. The monoisotopic (exact) mass is 522 g/mol. The number of alkyl halides is 3. The van der Waals surface area contributed by atoms with Crippen LogP contribution in [0.1, 0.15) is 18.5 Å². The molecule has 3 N–H and O–H groups in total. The van der Waals surface area contributed by atoms with Gasteiger partial charge in [0.1, 0.15) is 12.1 Å². The van der Waals surface area contributed by atoms with Crippen molar-refractivity contribution in [3.8, 4) is 5.69 Å². The number of aliphatic carboxylic acids is 1. The molecule has 1 heterocycles. The third-order valence-corrected chi connectivity index (χ3v) is 4.93. The Hall–Kier alpha value is -3.29. The van der Waals surface area contributed by atoms with Gasteiger partial charge in [0.05, 0.1) is 28.0 Å². The fourth-order valence-electron chi connectivity index (χ4n) is 2.44. The normalized spacial score (nSPS) is 11.9. The molecule has 0 saturated carbocycles. The summed E-state index contributed by atoms with van der Waals surface area (Å²) >= 11 is 12.2. The second-order valence-corrected chi connectivity index (χ2v) is 7.30. The molecular weight excluding hydrogens is 507 g/mol. The van der Waals surface area contributed by atoms with Crippen LogP contribution in [0, 0.1) is 5.82 Å². The highest BCUT2D eigenvalue weighted by molar-refractivity contribution is 6.42. The Morgan fingerprint density at radius 3 is 2.47 bits per heavy atom. The second-order valence-electron chi connectivity index (χ2n) is 6.52. The molecule has 9 nitrogen and oxygen atoms in total. The van der Waals surface area contributed by atoms with Crippen molar-refractivity contribution in [3.05, 3.63) is 64.2 Å². The lowest BCUT2D eigenvalue weighted by Gasteiger charge is -2.16. The van der Waals surface area contributed by atoms with E-state index >= 15 is 0 Å². The molecule has 0 saturated heterocycles. The van der Waals surface area contributed by atoms with Crippen LogP contribution in [0.15, 0.2) is 42.7 Å². The largest absolute Gasteiger partial charge is 0.490 e. The van der Waals surface area contributed by atoms with Crippen LogP contribution in [0.3, 0.4) is 0 Å². The maximum atomic E-state index is 14.0. The number of anilines is 1. The number of tetrazole rings is 1. The first-order valence-electron chi connectivity index (χ1n) is 9.20. The van der Waals surface area contributed by atoms with Gasteiger partial charge in [0.25, 0.3) is 0 Å². The first-order chi connectivity index (χ1) is 15.9. The highest BCUT2D eigenvalue weighted by atomic mass is 35.5. The van der Waals surface area contributed by atoms with Crippen molar-refractivity contribution >= 4 is 40.8 Å². The Labute approximate surface area is 199 Å². The Bertz CT molecular complexity index is 1150. The third kappa shape index (κ3) is 7.64. The Morgan fingerprint density at radius 1 is 1.21 bits per heavy atom. The zero-order chi connectivity index (χ0) is 25.5. The average Bonchev–Trinajstić information content (AvgIpc) is 3.30. The number of rotatable bonds is 6. The number of nitrogens with one attached hydrogen (secondary N) is 2. The van der Waals surface area contributed by atoms with Crippen LogP contribution in [0.2, 0.25) is 10.0 Å². The van der Waals surface area contributed by atoms with E-state index in [0.717, 1.165) is 5.56 Å². The molecule has 0 aliphatic heterocycles. The molecule has 3 rings (SSSR count). The lowest BCUT2D eigenvalue weighted by Crippen LogP contribution is -2.30. The molecule has 2 aromatic carbocycles. The summed E-state index contributed by atoms with van der Waals surface area (Å²) < 4.78 is 47.1. The number of amides is 1. The second kappa shape index (κ2) is 11.7. The van der Waals surface area contributed by atoms with Crippen molar-refractivity contribution in [2.45, 2.75) is 19.1 Å². The minimum Gasteiger partial charge on any atom is -0.475 e. The van der Waals surface area contributed by atoms with Gasteiger partial charge in [-0.25, -0.2) is 13.9 Å². The molecule has 0 spiro atoms. The fourth-order valence-corrected chi connectivity index (χ4v) is 2.91. The van der Waals surface area contributed by atoms with Gasteiger partial charge in [-0.3, -0.25) is 4.79 Å². The molecule has 1 atom stereocenters. The molecule has 1 aromatic heterocycles. The lowest BCUT2D eigenvalue weighted by atomic mass is 10.1. The van der Waals surface area contributed by atoms with E-state index < -0.39 is 23.9 Å². The molecule has 15 heteroatoms. The molecule has 34 heavy (non-hydrogen) atoms. The van der Waals surface area contributed by atoms with Gasteiger partial charge >= 0.3 is 12.1 Å². The Kier molecular flexibility index (Phi) is 9.29. The quantitative estimate of drug-likeness (QED) is 0.417. The number of aromatic nitrogens is 4. The van der Waals surface area contributed by atoms with Gasteiger partial charge in [0.15, 0.2) is 0 Å². The van der Waals surface area contributed by atoms with Crippen molar-refractivity contribution < 1.29 is 32.3 Å². The fraction of sp³-hybridized carbons (Fsp3) is 0.211. The molecule has 0 aliphatic rings. The topological polar surface area (TPSA) is 122 Å². The highest BCUT2D eigenvalue weighted by Gasteiger charge is 2.38. The summed E-state index contributed by atoms with van der Waals surface area (Å²) in [6.45, 7) is 1.81. The van der Waals surface area contributed by atoms with Gasteiger partial charge in [0, 0.05) is 6.04 Å². The molecule has 1 amide bonds. The van der Waals surface area contributed by atoms with Gasteiger partial charge in [-0.15, -0.1) is 5.10 Å². The number of carboxylic acids is 1. The summed E-state index contributed by atoms with van der Waals surface area (Å²) in [6.07, 6.45) is -3.71. The van der Waals surface area contributed by atoms with E-state index in [1.165, 1.54) is 29.2 Å². The van der Waals surface area contributed by atoms with Gasteiger partial charge in [-0.2, -0.15) is 13.2 Å². The maximum Gasteiger partial charge on any atom is 0.490 e. The van der Waals surface area contributed by atoms with Gasteiger partial charge < -0.3 is 15.7 Å². The van der Waals surface area contributed by atoms with Crippen molar-refractivity contribution in [2.24, 2.45) is 0 Å². The number of nitrogens with zero attached hydrogens (tertiary/aromatic N) is 4. The van der Waals surface area contributed by atoms with Crippen molar-refractivity contribution in [1.82, 2.24) is 25.5 Å². The minimum atomic E-state index is -5.08. The van der Waals surface area contributed by atoms with Crippen LogP contribution in [0.4, 0.5) is 23.2 Å². The van der Waals surface area contributed by atoms with Gasteiger partial charge in [-0.1, -0.05) is 35.3 Å². The van der Waals surface area contributed by atoms with E-state index in [1.807, 2.05) is 13.0 Å². The summed E-state index contributed by atoms with van der Waals surface area (Å²) in [5, 5.41) is 24.3. The van der Waals surface area contributed by atoms with Crippen LogP contribution in [-0.2, 0) is 9.59 Å². The standard InChI is InChI=1S/C17H15Cl2FN6O.C2HF3O2/c1-10(12-3-2-4-13(18)17(12)19)21-8-16(27)23-15-7-11(5-6-14(15)20)26-9-22-24-25-26;3-2(4,5)1(6)7/h2-7,9-10,21H,8H2,1H3,(H,23,27);(H,6,7). The summed E-state index contributed by atoms with van der Waals surface area (Å²) in [5.74, 6) is -3.73. The molecule has 0 bridgehead atoms. The van der Waals surface area contributed by atoms with E-state index in [-0.39, 0.29) is 18.3 Å². The molecule has 3 aromatic rings. The van der Waals surface area contributed by atoms with Gasteiger partial charge in [-0.05, 0) is 47.2 Å². The zero-order valence-corrected chi connectivity index (χ0v) is 18.7. The zero-order valence-electron chi connectivity index (χ0n) is 17.1. The summed E-state index contributed by atoms with van der Waals surface area (Å²) in [6, 6.07) is 9.24. The van der Waals surface area contributed by atoms with Crippen LogP contribution >= 0.6 is 23.2 Å². The summed E-state index contributed by atoms with van der Waals surface area (Å²) in [7, 11) is 0. The van der Waals surface area contributed by atoms with Crippen molar-refractivity contribution in [2.75, 3.05) is 11.9 Å². The third-order valence-electron chi connectivity index (χ3n) is 4.10. The van der Waals surface area contributed by atoms with E-state index in [2.05, 4.69) is 26.2 Å². The Morgan fingerprint density at radius 2 is 1.88 bits per heavy atom. The van der Waals surface area contributed by atoms with E-state index in [0.29, 0.717) is 15.7 Å². The number of carbonyl (C=O) groups excluding carboxylic acids is 1. The first kappa shape index (κ1) is 27.0. The van der Waals surface area contributed by atoms with Crippen LogP contribution in [0.5, 0.6) is 0 Å². The SMILES string of the molecule is CC(NCC(=O)Nc1cc(-n2cnnn2)ccc1F)c1cccc(Cl)c1Cl.O=C(O)C(F)(F)F. The number of carboxylic acid groups (broad SMARTS) is 1. The van der Waals surface area contributed by atoms with Crippen LogP contribution < -0.4 is 10.6 Å². The summed E-state index contributed by atoms with van der Waals surface area (Å²) in [5.41, 5.74) is 1.32. The van der Waals surface area contributed by atoms with Crippen molar-refractivity contribution in [1.29, 1.82) is 0 Å². The molecule has 182 valence electrons. The number of benzene rings is 2. The Balaban J connectivity index is 0.000000509.